The topological polar surface area (TPSA) is 52.6 Å². The second kappa shape index (κ2) is 11.1. The second-order valence-electron chi connectivity index (χ2n) is 6.45. The summed E-state index contributed by atoms with van der Waals surface area (Å²) in [5.41, 5.74) is 0.473. The van der Waals surface area contributed by atoms with Gasteiger partial charge in [-0.2, -0.15) is 0 Å². The van der Waals surface area contributed by atoms with E-state index in [9.17, 15) is 9.59 Å². The molecule has 0 unspecified atom stereocenters. The molecule has 30 heavy (non-hydrogen) atoms. The third-order valence-electron chi connectivity index (χ3n) is 4.79. The Labute approximate surface area is 188 Å². The minimum Gasteiger partial charge on any atom is -1.00 e. The summed E-state index contributed by atoms with van der Waals surface area (Å²) in [6.45, 7) is 2.10. The fourth-order valence-electron chi connectivity index (χ4n) is 3.55. The Hall–Kier alpha value is -2.49. The van der Waals surface area contributed by atoms with Gasteiger partial charge in [-0.05, 0) is 43.3 Å². The lowest BCUT2D eigenvalue weighted by Crippen LogP contribution is -3.00. The number of rotatable bonds is 7. The molecule has 6 heteroatoms. The number of hydrogen-bond acceptors (Lipinski definition) is 4. The first kappa shape index (κ1) is 23.8. The number of esters is 2. The first-order valence-corrected chi connectivity index (χ1v) is 11.4. The molecule has 0 aliphatic carbocycles. The molecule has 0 aliphatic heterocycles. The Balaban J connectivity index is 0.00000320. The lowest BCUT2D eigenvalue weighted by atomic mass is 10.2. The predicted octanol–water partition coefficient (Wildman–Crippen LogP) is 0.334. The monoisotopic (exact) mass is 486 g/mol. The summed E-state index contributed by atoms with van der Waals surface area (Å²) in [6, 6.07) is 27.2. The van der Waals surface area contributed by atoms with Crippen molar-refractivity contribution < 1.29 is 36.0 Å². The molecule has 4 nitrogen and oxygen atoms in total. The fraction of sp³-hybridized carbons (Fsp3) is 0.167. The van der Waals surface area contributed by atoms with Crippen LogP contribution >= 0.6 is 7.26 Å². The van der Waals surface area contributed by atoms with Crippen LogP contribution in [0.5, 0.6) is 0 Å². The van der Waals surface area contributed by atoms with Crippen molar-refractivity contribution in [2.45, 2.75) is 6.92 Å². The van der Waals surface area contributed by atoms with Crippen LogP contribution in [0.2, 0.25) is 0 Å². The summed E-state index contributed by atoms with van der Waals surface area (Å²) in [7, 11) is -1.15. The largest absolute Gasteiger partial charge is 1.00 e. The van der Waals surface area contributed by atoms with Crippen molar-refractivity contribution in [1.29, 1.82) is 0 Å². The average Bonchev–Trinajstić information content (AvgIpc) is 2.78. The van der Waals surface area contributed by atoms with E-state index >= 15 is 0 Å². The van der Waals surface area contributed by atoms with E-state index < -0.39 is 13.2 Å². The lowest BCUT2D eigenvalue weighted by molar-refractivity contribution is -0.139. The molecule has 0 bridgehead atoms. The van der Waals surface area contributed by atoms with Crippen molar-refractivity contribution in [3.8, 4) is 0 Å². The molecule has 3 aromatic carbocycles. The predicted molar refractivity (Wildman–Crippen MR) is 118 cm³/mol. The highest BCUT2D eigenvalue weighted by Gasteiger charge is 2.50. The van der Waals surface area contributed by atoms with Gasteiger partial charge in [-0.1, -0.05) is 48.5 Å². The summed E-state index contributed by atoms with van der Waals surface area (Å²) < 4.78 is 10.4. The van der Waals surface area contributed by atoms with E-state index in [0.29, 0.717) is 12.2 Å². The lowest BCUT2D eigenvalue weighted by Gasteiger charge is -2.28. The van der Waals surface area contributed by atoms with Gasteiger partial charge < -0.3 is 26.5 Å². The third kappa shape index (κ3) is 4.80. The number of benzene rings is 3. The average molecular weight is 487 g/mol. The minimum atomic E-state index is -2.52. The van der Waals surface area contributed by atoms with Crippen molar-refractivity contribution >= 4 is 35.1 Å². The first-order chi connectivity index (χ1) is 14.1. The number of ether oxygens (including phenoxy) is 2. The maximum absolute atomic E-state index is 12.8. The van der Waals surface area contributed by atoms with Crippen molar-refractivity contribution in [3.05, 3.63) is 90.5 Å². The van der Waals surface area contributed by atoms with E-state index in [1.807, 2.05) is 78.9 Å². The molecule has 0 aliphatic rings. The Bertz CT molecular complexity index is 937. The zero-order chi connectivity index (χ0) is 20.7. The first-order valence-electron chi connectivity index (χ1n) is 9.46. The van der Waals surface area contributed by atoms with Gasteiger partial charge in [0.15, 0.2) is 6.16 Å². The maximum atomic E-state index is 12.8. The second-order valence-corrected chi connectivity index (χ2v) is 9.90. The van der Waals surface area contributed by atoms with Crippen LogP contribution in [0.3, 0.4) is 0 Å². The Morgan fingerprint density at radius 2 is 1.30 bits per heavy atom. The molecule has 0 atom stereocenters. The number of halogens is 1. The third-order valence-corrected chi connectivity index (χ3v) is 9.09. The molecule has 3 aromatic rings. The zero-order valence-corrected chi connectivity index (χ0v) is 19.4. The van der Waals surface area contributed by atoms with Gasteiger partial charge in [-0.25, -0.2) is 9.59 Å². The van der Waals surface area contributed by atoms with Crippen LogP contribution in [0.1, 0.15) is 17.3 Å². The van der Waals surface area contributed by atoms with E-state index in [0.717, 1.165) is 15.9 Å². The van der Waals surface area contributed by atoms with Crippen LogP contribution in [-0.2, 0) is 14.3 Å². The van der Waals surface area contributed by atoms with E-state index in [4.69, 9.17) is 9.47 Å². The van der Waals surface area contributed by atoms with Gasteiger partial charge in [-0.3, -0.25) is 0 Å². The molecule has 0 amide bonds. The highest BCUT2D eigenvalue weighted by Crippen LogP contribution is 2.56. The molecule has 0 heterocycles. The van der Waals surface area contributed by atoms with Crippen LogP contribution < -0.4 is 32.9 Å². The summed E-state index contributed by atoms with van der Waals surface area (Å²) in [5.74, 6) is -0.700. The van der Waals surface area contributed by atoms with E-state index in [1.54, 1.807) is 13.0 Å². The number of carbonyl (C=O) groups is 2. The summed E-state index contributed by atoms with van der Waals surface area (Å²) >= 11 is 0. The van der Waals surface area contributed by atoms with Gasteiger partial charge in [0.1, 0.15) is 28.7 Å². The maximum Gasteiger partial charge on any atom is 0.345 e. The number of carbonyl (C=O) groups excluding carboxylic acids is 2. The number of hydrogen-bond donors (Lipinski definition) is 0. The number of methoxy groups -OCH3 is 1. The van der Waals surface area contributed by atoms with E-state index in [-0.39, 0.29) is 29.1 Å². The SMILES string of the molecule is CCOC(=O)C[P+](c1ccccc1)(c1ccccc1)c1ccccc1C(=O)OC.[Br-]. The molecule has 0 aromatic heterocycles. The summed E-state index contributed by atoms with van der Waals surface area (Å²) in [5, 5.41) is 2.84. The molecule has 0 fully saturated rings. The Morgan fingerprint density at radius 3 is 1.80 bits per heavy atom. The molecule has 3 rings (SSSR count). The van der Waals surface area contributed by atoms with Crippen molar-refractivity contribution in [3.63, 3.8) is 0 Å². The molecule has 0 saturated heterocycles. The van der Waals surface area contributed by atoms with Gasteiger partial charge in [0.2, 0.25) is 0 Å². The van der Waals surface area contributed by atoms with Crippen LogP contribution in [-0.4, -0.2) is 31.8 Å². The van der Waals surface area contributed by atoms with E-state index in [1.165, 1.54) is 7.11 Å². The van der Waals surface area contributed by atoms with Gasteiger partial charge in [-0.15, -0.1) is 0 Å². The molecule has 0 radical (unpaired) electrons. The Kier molecular flexibility index (Phi) is 8.76. The quantitative estimate of drug-likeness (QED) is 0.357. The molecular weight excluding hydrogens is 463 g/mol. The van der Waals surface area contributed by atoms with Crippen molar-refractivity contribution in [2.75, 3.05) is 19.9 Å². The summed E-state index contributed by atoms with van der Waals surface area (Å²) in [4.78, 5) is 25.5. The van der Waals surface area contributed by atoms with Gasteiger partial charge in [0.05, 0.1) is 13.7 Å². The van der Waals surface area contributed by atoms with Crippen LogP contribution in [0.25, 0.3) is 0 Å². The molecule has 0 N–H and O–H groups in total. The summed E-state index contributed by atoms with van der Waals surface area (Å²) in [6.07, 6.45) is 0.170. The molecule has 0 saturated carbocycles. The standard InChI is InChI=1S/C24H24O4P.BrH/c1-3-28-23(25)18-29(19-12-6-4-7-13-19,20-14-8-5-9-15-20)22-17-11-10-16-21(22)24(26)27-2;/h4-17H,3,18H2,1-2H3;1H/q+1;/p-1. The van der Waals surface area contributed by atoms with Gasteiger partial charge in [0, 0.05) is 0 Å². The van der Waals surface area contributed by atoms with Gasteiger partial charge >= 0.3 is 11.9 Å². The smallest absolute Gasteiger partial charge is 0.345 e. The zero-order valence-electron chi connectivity index (χ0n) is 17.0. The van der Waals surface area contributed by atoms with E-state index in [2.05, 4.69) is 0 Å². The van der Waals surface area contributed by atoms with Gasteiger partial charge in [0.25, 0.3) is 0 Å². The minimum absolute atomic E-state index is 0. The van der Waals surface area contributed by atoms with Crippen molar-refractivity contribution in [2.24, 2.45) is 0 Å². The van der Waals surface area contributed by atoms with Crippen molar-refractivity contribution in [1.82, 2.24) is 0 Å². The van der Waals surface area contributed by atoms with Crippen LogP contribution in [0.4, 0.5) is 0 Å². The van der Waals surface area contributed by atoms with Crippen LogP contribution in [0.15, 0.2) is 84.9 Å². The fourth-order valence-corrected chi connectivity index (χ4v) is 7.70. The van der Waals surface area contributed by atoms with Crippen LogP contribution in [0, 0.1) is 0 Å². The normalized spacial score (nSPS) is 10.6. The Morgan fingerprint density at radius 1 is 0.800 bits per heavy atom. The molecule has 156 valence electrons. The molecular formula is C24H24BrO4P. The molecule has 0 spiro atoms. The highest BCUT2D eigenvalue weighted by molar-refractivity contribution is 7.96. The highest BCUT2D eigenvalue weighted by atomic mass is 79.9.